The Bertz CT molecular complexity index is 1760. The molecule has 0 saturated heterocycles. The summed E-state index contributed by atoms with van der Waals surface area (Å²) in [6, 6.07) is 16.7. The van der Waals surface area contributed by atoms with Gasteiger partial charge in [0.15, 0.2) is 0 Å². The molecule has 0 radical (unpaired) electrons. The quantitative estimate of drug-likeness (QED) is 0.268. The third-order valence-electron chi connectivity index (χ3n) is 6.15. The Labute approximate surface area is 217 Å². The zero-order valence-electron chi connectivity index (χ0n) is 20.7. The number of H-pyrrole nitrogens is 2. The number of rotatable bonds is 6. The fourth-order valence-electron chi connectivity index (χ4n) is 4.49. The maximum absolute atomic E-state index is 12.2. The second-order valence-electron chi connectivity index (χ2n) is 9.30. The van der Waals surface area contributed by atoms with Gasteiger partial charge in [0, 0.05) is 43.4 Å². The summed E-state index contributed by atoms with van der Waals surface area (Å²) in [7, 11) is 3.71. The van der Waals surface area contributed by atoms with Gasteiger partial charge in [0.2, 0.25) is 5.91 Å². The fourth-order valence-corrected chi connectivity index (χ4v) is 5.40. The van der Waals surface area contributed by atoms with Gasteiger partial charge in [-0.2, -0.15) is 5.10 Å². The SMILES string of the molecule is Cc1ccc(-c2cccc3[nH]c(-c4n[nH]c5cnc(-c6cncc(NC(=O)CN(C)C)c6)cc45)cc23)s1. The van der Waals surface area contributed by atoms with Gasteiger partial charge in [0.1, 0.15) is 5.69 Å². The van der Waals surface area contributed by atoms with Gasteiger partial charge in [-0.25, -0.2) is 0 Å². The third-order valence-corrected chi connectivity index (χ3v) is 7.18. The summed E-state index contributed by atoms with van der Waals surface area (Å²) in [5.74, 6) is -0.0969. The number of fused-ring (bicyclic) bond motifs is 2. The van der Waals surface area contributed by atoms with Crippen molar-refractivity contribution in [2.45, 2.75) is 6.92 Å². The Hall–Kier alpha value is -4.34. The number of nitrogens with zero attached hydrogens (tertiary/aromatic N) is 4. The summed E-state index contributed by atoms with van der Waals surface area (Å²) < 4.78 is 0. The summed E-state index contributed by atoms with van der Waals surface area (Å²) in [4.78, 5) is 29.0. The first-order chi connectivity index (χ1) is 17.9. The number of aromatic amines is 2. The highest BCUT2D eigenvalue weighted by Gasteiger charge is 2.16. The van der Waals surface area contributed by atoms with E-state index in [2.05, 4.69) is 73.8 Å². The predicted molar refractivity (Wildman–Crippen MR) is 150 cm³/mol. The Morgan fingerprint density at radius 3 is 2.73 bits per heavy atom. The highest BCUT2D eigenvalue weighted by Crippen LogP contribution is 2.37. The molecule has 0 fully saturated rings. The summed E-state index contributed by atoms with van der Waals surface area (Å²) >= 11 is 1.79. The van der Waals surface area contributed by atoms with Crippen molar-refractivity contribution in [2.75, 3.05) is 26.0 Å². The molecule has 184 valence electrons. The standard InChI is InChI=1S/C28H25N7OS/c1-16-7-8-26(37-16)19-5-4-6-22-20(19)10-24(32-22)28-21-11-23(30-14-25(21)33-34-28)17-9-18(13-29-12-17)31-27(36)15-35(2)3/h4-14,32H,15H2,1-3H3,(H,31,36)(H,33,34). The minimum absolute atomic E-state index is 0.0969. The van der Waals surface area contributed by atoms with E-state index in [1.807, 2.05) is 31.1 Å². The van der Waals surface area contributed by atoms with E-state index in [9.17, 15) is 4.79 Å². The van der Waals surface area contributed by atoms with Gasteiger partial charge in [-0.1, -0.05) is 12.1 Å². The van der Waals surface area contributed by atoms with Gasteiger partial charge in [0.25, 0.3) is 0 Å². The molecule has 0 aliphatic rings. The zero-order chi connectivity index (χ0) is 25.5. The van der Waals surface area contributed by atoms with Gasteiger partial charge in [-0.05, 0) is 57.4 Å². The molecule has 0 unspecified atom stereocenters. The summed E-state index contributed by atoms with van der Waals surface area (Å²) in [6.07, 6.45) is 5.16. The number of nitrogens with one attached hydrogen (secondary N) is 3. The van der Waals surface area contributed by atoms with E-state index < -0.39 is 0 Å². The monoisotopic (exact) mass is 507 g/mol. The predicted octanol–water partition coefficient (Wildman–Crippen LogP) is 5.71. The van der Waals surface area contributed by atoms with E-state index in [1.165, 1.54) is 15.3 Å². The van der Waals surface area contributed by atoms with Crippen LogP contribution in [0.5, 0.6) is 0 Å². The van der Waals surface area contributed by atoms with E-state index in [4.69, 9.17) is 0 Å². The smallest absolute Gasteiger partial charge is 0.238 e. The van der Waals surface area contributed by atoms with Crippen LogP contribution in [0.1, 0.15) is 4.88 Å². The van der Waals surface area contributed by atoms with Crippen molar-refractivity contribution < 1.29 is 4.79 Å². The number of hydrogen-bond acceptors (Lipinski definition) is 6. The van der Waals surface area contributed by atoms with Crippen LogP contribution in [0.2, 0.25) is 0 Å². The maximum atomic E-state index is 12.2. The number of aromatic nitrogens is 5. The third kappa shape index (κ3) is 4.50. The molecule has 0 bridgehead atoms. The van der Waals surface area contributed by atoms with Gasteiger partial charge >= 0.3 is 0 Å². The first kappa shape index (κ1) is 23.1. The van der Waals surface area contributed by atoms with Crippen LogP contribution in [0.3, 0.4) is 0 Å². The molecule has 0 aliphatic carbocycles. The van der Waals surface area contributed by atoms with Crippen molar-refractivity contribution >= 4 is 44.7 Å². The van der Waals surface area contributed by atoms with E-state index in [0.29, 0.717) is 12.2 Å². The number of pyridine rings is 2. The average molecular weight is 508 g/mol. The van der Waals surface area contributed by atoms with E-state index in [1.54, 1.807) is 29.9 Å². The molecular weight excluding hydrogens is 482 g/mol. The molecule has 5 heterocycles. The molecule has 9 heteroatoms. The van der Waals surface area contributed by atoms with Crippen LogP contribution in [0, 0.1) is 6.92 Å². The molecule has 0 aliphatic heterocycles. The second-order valence-corrected chi connectivity index (χ2v) is 10.6. The van der Waals surface area contributed by atoms with Crippen LogP contribution in [0.25, 0.3) is 54.9 Å². The van der Waals surface area contributed by atoms with Crippen molar-refractivity contribution in [3.63, 3.8) is 0 Å². The van der Waals surface area contributed by atoms with Gasteiger partial charge < -0.3 is 15.2 Å². The van der Waals surface area contributed by atoms with Crippen molar-refractivity contribution in [1.29, 1.82) is 0 Å². The van der Waals surface area contributed by atoms with E-state index >= 15 is 0 Å². The molecule has 5 aromatic heterocycles. The molecule has 1 amide bonds. The first-order valence-corrected chi connectivity index (χ1v) is 12.7. The van der Waals surface area contributed by atoms with Crippen LogP contribution in [-0.4, -0.2) is 56.6 Å². The van der Waals surface area contributed by atoms with E-state index in [0.717, 1.165) is 44.5 Å². The van der Waals surface area contributed by atoms with Gasteiger partial charge in [0.05, 0.1) is 41.5 Å². The zero-order valence-corrected chi connectivity index (χ0v) is 21.5. The molecule has 0 spiro atoms. The minimum Gasteiger partial charge on any atom is -0.353 e. The number of thiophene rings is 1. The van der Waals surface area contributed by atoms with Crippen LogP contribution in [0.4, 0.5) is 5.69 Å². The summed E-state index contributed by atoms with van der Waals surface area (Å²) in [5.41, 5.74) is 7.06. The first-order valence-electron chi connectivity index (χ1n) is 11.9. The van der Waals surface area contributed by atoms with E-state index in [-0.39, 0.29) is 5.91 Å². The lowest BCUT2D eigenvalue weighted by Crippen LogP contribution is -2.27. The molecule has 0 atom stereocenters. The lowest BCUT2D eigenvalue weighted by Gasteiger charge is -2.10. The van der Waals surface area contributed by atoms with Crippen molar-refractivity contribution in [3.05, 3.63) is 72.0 Å². The van der Waals surface area contributed by atoms with Crippen LogP contribution in [0.15, 0.2) is 67.1 Å². The molecule has 0 saturated carbocycles. The number of carbonyl (C=O) groups excluding carboxylic acids is 1. The van der Waals surface area contributed by atoms with Crippen LogP contribution in [-0.2, 0) is 4.79 Å². The Morgan fingerprint density at radius 2 is 1.92 bits per heavy atom. The number of hydrogen-bond donors (Lipinski definition) is 3. The Morgan fingerprint density at radius 1 is 1.03 bits per heavy atom. The Balaban J connectivity index is 1.38. The highest BCUT2D eigenvalue weighted by molar-refractivity contribution is 7.15. The largest absolute Gasteiger partial charge is 0.353 e. The number of benzene rings is 1. The molecule has 6 aromatic rings. The summed E-state index contributed by atoms with van der Waals surface area (Å²) in [5, 5.41) is 12.7. The average Bonchev–Trinajstić information content (AvgIpc) is 3.60. The molecular formula is C28H25N7OS. The van der Waals surface area contributed by atoms with Crippen molar-refractivity contribution in [1.82, 2.24) is 30.0 Å². The Kier molecular flexibility index (Phi) is 5.78. The lowest BCUT2D eigenvalue weighted by atomic mass is 10.1. The minimum atomic E-state index is -0.0969. The number of aryl methyl sites for hydroxylation is 1. The van der Waals surface area contributed by atoms with Crippen molar-refractivity contribution in [3.8, 4) is 33.1 Å². The second kappa shape index (κ2) is 9.27. The number of carbonyl (C=O) groups is 1. The molecule has 37 heavy (non-hydrogen) atoms. The van der Waals surface area contributed by atoms with Crippen molar-refractivity contribution in [2.24, 2.45) is 0 Å². The fraction of sp³-hybridized carbons (Fsp3) is 0.143. The molecule has 3 N–H and O–H groups in total. The molecule has 6 rings (SSSR count). The summed E-state index contributed by atoms with van der Waals surface area (Å²) in [6.45, 7) is 2.42. The topological polar surface area (TPSA) is 103 Å². The highest BCUT2D eigenvalue weighted by atomic mass is 32.1. The number of anilines is 1. The maximum Gasteiger partial charge on any atom is 0.238 e. The normalized spacial score (nSPS) is 11.6. The van der Waals surface area contributed by atoms with Crippen LogP contribution >= 0.6 is 11.3 Å². The lowest BCUT2D eigenvalue weighted by molar-refractivity contribution is -0.116. The number of amides is 1. The van der Waals surface area contributed by atoms with Gasteiger partial charge in [-0.15, -0.1) is 11.3 Å². The van der Waals surface area contributed by atoms with Crippen LogP contribution < -0.4 is 5.32 Å². The molecule has 1 aromatic carbocycles. The van der Waals surface area contributed by atoms with Gasteiger partial charge in [-0.3, -0.25) is 19.9 Å². The number of likely N-dealkylation sites (N-methyl/N-ethyl adjacent to an activating group) is 1. The molecule has 8 nitrogen and oxygen atoms in total.